The zero-order valence-electron chi connectivity index (χ0n) is 21.7. The van der Waals surface area contributed by atoms with Gasteiger partial charge in [0.25, 0.3) is 0 Å². The Morgan fingerprint density at radius 1 is 0.474 bits per heavy atom. The van der Waals surface area contributed by atoms with Crippen molar-refractivity contribution >= 4 is 27.8 Å². The minimum Gasteiger partial charge on any atom is -0.310 e. The van der Waals surface area contributed by atoms with Crippen molar-refractivity contribution in [1.29, 1.82) is 0 Å². The summed E-state index contributed by atoms with van der Waals surface area (Å²) in [5.41, 5.74) is 11.4. The van der Waals surface area contributed by atoms with E-state index in [-0.39, 0.29) is 5.41 Å². The van der Waals surface area contributed by atoms with Crippen LogP contribution in [0.2, 0.25) is 0 Å². The maximum absolute atomic E-state index is 2.42. The van der Waals surface area contributed by atoms with E-state index in [0.29, 0.717) is 0 Å². The molecule has 0 heterocycles. The van der Waals surface area contributed by atoms with Crippen LogP contribution in [0.25, 0.3) is 33.0 Å². The predicted molar refractivity (Wildman–Crippen MR) is 162 cm³/mol. The lowest BCUT2D eigenvalue weighted by molar-refractivity contribution is 0.666. The lowest BCUT2D eigenvalue weighted by Crippen LogP contribution is -2.16. The molecule has 1 heteroatoms. The highest BCUT2D eigenvalue weighted by atomic mass is 15.1. The van der Waals surface area contributed by atoms with Crippen LogP contribution in [0.3, 0.4) is 0 Å². The van der Waals surface area contributed by atoms with Gasteiger partial charge in [0.05, 0.1) is 5.69 Å². The SMILES string of the molecule is CC1(C)c2cc(-c3ccccc3)ccc2-c2cc(N(c3ccccc3)c3ccccc3)c3ccccc3c21. The van der Waals surface area contributed by atoms with Crippen molar-refractivity contribution in [2.24, 2.45) is 0 Å². The van der Waals surface area contributed by atoms with Crippen molar-refractivity contribution in [1.82, 2.24) is 0 Å². The van der Waals surface area contributed by atoms with Crippen molar-refractivity contribution in [3.63, 3.8) is 0 Å². The van der Waals surface area contributed by atoms with Gasteiger partial charge < -0.3 is 4.90 Å². The van der Waals surface area contributed by atoms with Crippen LogP contribution in [0, 0.1) is 0 Å². The van der Waals surface area contributed by atoms with Crippen LogP contribution in [-0.2, 0) is 5.41 Å². The first-order valence-electron chi connectivity index (χ1n) is 13.3. The molecule has 0 saturated carbocycles. The molecule has 0 amide bonds. The average Bonchev–Trinajstić information content (AvgIpc) is 3.21. The van der Waals surface area contributed by atoms with Gasteiger partial charge in [-0.05, 0) is 75.2 Å². The Morgan fingerprint density at radius 2 is 1.03 bits per heavy atom. The van der Waals surface area contributed by atoms with Crippen LogP contribution in [0.5, 0.6) is 0 Å². The Bertz CT molecular complexity index is 1730. The summed E-state index contributed by atoms with van der Waals surface area (Å²) in [7, 11) is 0. The van der Waals surface area contributed by atoms with Gasteiger partial charge >= 0.3 is 0 Å². The minimum atomic E-state index is -0.113. The molecule has 0 aromatic heterocycles. The Morgan fingerprint density at radius 3 is 1.66 bits per heavy atom. The van der Waals surface area contributed by atoms with Crippen LogP contribution < -0.4 is 4.90 Å². The standard InChI is InChI=1S/C37H29N/c1-37(2)34-24-27(26-14-6-3-7-15-26)22-23-30(34)33-25-35(31-20-12-13-21-32(31)36(33)37)38(28-16-8-4-9-17-28)29-18-10-5-11-19-29/h3-25H,1-2H3. The van der Waals surface area contributed by atoms with Gasteiger partial charge in [0.15, 0.2) is 0 Å². The molecule has 38 heavy (non-hydrogen) atoms. The first-order valence-corrected chi connectivity index (χ1v) is 13.3. The highest BCUT2D eigenvalue weighted by Gasteiger charge is 2.38. The van der Waals surface area contributed by atoms with E-state index in [1.54, 1.807) is 0 Å². The Labute approximate surface area is 224 Å². The van der Waals surface area contributed by atoms with Crippen LogP contribution in [0.15, 0.2) is 140 Å². The molecule has 0 radical (unpaired) electrons. The highest BCUT2D eigenvalue weighted by molar-refractivity contribution is 6.07. The van der Waals surface area contributed by atoms with E-state index in [0.717, 1.165) is 11.4 Å². The molecule has 0 atom stereocenters. The molecule has 6 aromatic carbocycles. The molecule has 0 spiro atoms. The first-order chi connectivity index (χ1) is 18.6. The Balaban J connectivity index is 1.52. The summed E-state index contributed by atoms with van der Waals surface area (Å²) in [6, 6.07) is 50.5. The van der Waals surface area contributed by atoms with Gasteiger partial charge in [-0.25, -0.2) is 0 Å². The number of rotatable bonds is 4. The van der Waals surface area contributed by atoms with Crippen LogP contribution >= 0.6 is 0 Å². The predicted octanol–water partition coefficient (Wildman–Crippen LogP) is 10.3. The molecular formula is C37H29N. The number of hydrogen-bond acceptors (Lipinski definition) is 1. The van der Waals surface area contributed by atoms with Crippen molar-refractivity contribution in [3.05, 3.63) is 151 Å². The largest absolute Gasteiger partial charge is 0.310 e. The quantitative estimate of drug-likeness (QED) is 0.239. The normalized spacial score (nSPS) is 13.2. The number of fused-ring (bicyclic) bond motifs is 5. The average molecular weight is 488 g/mol. The maximum atomic E-state index is 2.42. The Hall–Kier alpha value is -4.62. The second-order valence-electron chi connectivity index (χ2n) is 10.6. The molecule has 7 rings (SSSR count). The van der Waals surface area contributed by atoms with Gasteiger partial charge in [-0.3, -0.25) is 0 Å². The molecule has 0 aliphatic heterocycles. The first kappa shape index (κ1) is 22.6. The minimum absolute atomic E-state index is 0.113. The van der Waals surface area contributed by atoms with E-state index >= 15 is 0 Å². The van der Waals surface area contributed by atoms with E-state index in [4.69, 9.17) is 0 Å². The molecule has 1 aliphatic carbocycles. The van der Waals surface area contributed by atoms with Crippen molar-refractivity contribution in [2.75, 3.05) is 4.90 Å². The summed E-state index contributed by atoms with van der Waals surface area (Å²) in [6.45, 7) is 4.76. The summed E-state index contributed by atoms with van der Waals surface area (Å²) in [4.78, 5) is 2.39. The van der Waals surface area contributed by atoms with E-state index in [1.165, 1.54) is 49.8 Å². The summed E-state index contributed by atoms with van der Waals surface area (Å²) in [5, 5.41) is 2.59. The smallest absolute Gasteiger partial charge is 0.0546 e. The third-order valence-electron chi connectivity index (χ3n) is 8.01. The van der Waals surface area contributed by atoms with Gasteiger partial charge in [0.1, 0.15) is 0 Å². The molecule has 0 fully saturated rings. The van der Waals surface area contributed by atoms with E-state index in [1.807, 2.05) is 0 Å². The van der Waals surface area contributed by atoms with E-state index in [9.17, 15) is 0 Å². The third-order valence-corrected chi connectivity index (χ3v) is 8.01. The van der Waals surface area contributed by atoms with Gasteiger partial charge in [-0.2, -0.15) is 0 Å². The fraction of sp³-hybridized carbons (Fsp3) is 0.0811. The summed E-state index contributed by atoms with van der Waals surface area (Å²) in [5.74, 6) is 0. The summed E-state index contributed by atoms with van der Waals surface area (Å²) < 4.78 is 0. The van der Waals surface area contributed by atoms with Crippen LogP contribution in [0.1, 0.15) is 25.0 Å². The molecule has 0 N–H and O–H groups in total. The van der Waals surface area contributed by atoms with E-state index < -0.39 is 0 Å². The van der Waals surface area contributed by atoms with Crippen molar-refractivity contribution < 1.29 is 0 Å². The van der Waals surface area contributed by atoms with Gasteiger partial charge in [0.2, 0.25) is 0 Å². The zero-order valence-corrected chi connectivity index (χ0v) is 21.7. The second-order valence-corrected chi connectivity index (χ2v) is 10.6. The number of hydrogen-bond donors (Lipinski definition) is 0. The third kappa shape index (κ3) is 3.47. The monoisotopic (exact) mass is 487 g/mol. The highest BCUT2D eigenvalue weighted by Crippen LogP contribution is 2.55. The fourth-order valence-electron chi connectivity index (χ4n) is 6.25. The molecule has 0 bridgehead atoms. The van der Waals surface area contributed by atoms with Gasteiger partial charge in [-0.15, -0.1) is 0 Å². The molecule has 0 unspecified atom stereocenters. The Kier molecular flexibility index (Phi) is 5.19. The van der Waals surface area contributed by atoms with Crippen molar-refractivity contribution in [3.8, 4) is 22.3 Å². The maximum Gasteiger partial charge on any atom is 0.0546 e. The van der Waals surface area contributed by atoms with E-state index in [2.05, 4.69) is 158 Å². The zero-order chi connectivity index (χ0) is 25.7. The number of nitrogens with zero attached hydrogens (tertiary/aromatic N) is 1. The topological polar surface area (TPSA) is 3.24 Å². The number of anilines is 3. The van der Waals surface area contributed by atoms with Gasteiger partial charge in [0, 0.05) is 22.2 Å². The number of benzene rings is 6. The second kappa shape index (κ2) is 8.75. The van der Waals surface area contributed by atoms with Crippen LogP contribution in [0.4, 0.5) is 17.1 Å². The molecule has 1 nitrogen and oxygen atoms in total. The fourth-order valence-corrected chi connectivity index (χ4v) is 6.25. The van der Waals surface area contributed by atoms with Crippen molar-refractivity contribution in [2.45, 2.75) is 19.3 Å². The summed E-state index contributed by atoms with van der Waals surface area (Å²) in [6.07, 6.45) is 0. The lowest BCUT2D eigenvalue weighted by atomic mass is 9.79. The molecule has 0 saturated heterocycles. The van der Waals surface area contributed by atoms with Crippen LogP contribution in [-0.4, -0.2) is 0 Å². The molecule has 182 valence electrons. The molecule has 6 aromatic rings. The van der Waals surface area contributed by atoms with Gasteiger partial charge in [-0.1, -0.05) is 117 Å². The molecule has 1 aliphatic rings. The number of para-hydroxylation sites is 2. The summed E-state index contributed by atoms with van der Waals surface area (Å²) >= 11 is 0. The lowest BCUT2D eigenvalue weighted by Gasteiger charge is -2.29. The molecular weight excluding hydrogens is 458 g/mol.